The summed E-state index contributed by atoms with van der Waals surface area (Å²) in [5.74, 6) is -2.13. The molecule has 0 saturated heterocycles. The van der Waals surface area contributed by atoms with Gasteiger partial charge in [0.25, 0.3) is 0 Å². The SMILES string of the molecule is COC(=O)c1ccc(Cl)c(NC(=O)C(=O)NCCC2=CCCCC2)c1. The summed E-state index contributed by atoms with van der Waals surface area (Å²) in [6, 6.07) is 4.30. The van der Waals surface area contributed by atoms with Crippen molar-refractivity contribution < 1.29 is 19.1 Å². The quantitative estimate of drug-likeness (QED) is 0.477. The highest BCUT2D eigenvalue weighted by molar-refractivity contribution is 6.41. The average Bonchev–Trinajstić information content (AvgIpc) is 2.63. The molecule has 0 unspecified atom stereocenters. The lowest BCUT2D eigenvalue weighted by atomic mass is 9.97. The molecule has 0 aromatic heterocycles. The van der Waals surface area contributed by atoms with E-state index < -0.39 is 17.8 Å². The van der Waals surface area contributed by atoms with E-state index in [1.54, 1.807) is 0 Å². The van der Waals surface area contributed by atoms with Gasteiger partial charge in [0.05, 0.1) is 23.4 Å². The molecule has 7 heteroatoms. The van der Waals surface area contributed by atoms with Crippen LogP contribution in [0, 0.1) is 0 Å². The van der Waals surface area contributed by atoms with E-state index in [1.807, 2.05) is 0 Å². The Hall–Kier alpha value is -2.34. The third-order valence-corrected chi connectivity index (χ3v) is 4.29. The number of methoxy groups -OCH3 is 1. The zero-order valence-electron chi connectivity index (χ0n) is 14.1. The maximum Gasteiger partial charge on any atom is 0.337 e. The van der Waals surface area contributed by atoms with Gasteiger partial charge < -0.3 is 15.4 Å². The number of hydrogen-bond donors (Lipinski definition) is 2. The van der Waals surface area contributed by atoms with Crippen LogP contribution in [0.3, 0.4) is 0 Å². The molecule has 0 heterocycles. The number of anilines is 1. The first-order chi connectivity index (χ1) is 12.0. The molecule has 2 rings (SSSR count). The molecule has 134 valence electrons. The number of allylic oxidation sites excluding steroid dienone is 1. The Morgan fingerprint density at radius 1 is 1.20 bits per heavy atom. The van der Waals surface area contributed by atoms with Crippen LogP contribution in [0.4, 0.5) is 5.69 Å². The summed E-state index contributed by atoms with van der Waals surface area (Å²) in [7, 11) is 1.25. The number of benzene rings is 1. The standard InChI is InChI=1S/C18H21ClN2O4/c1-25-18(24)13-7-8-14(19)15(11-13)21-17(23)16(22)20-10-9-12-5-3-2-4-6-12/h5,7-8,11H,2-4,6,9-10H2,1H3,(H,20,22)(H,21,23). The average molecular weight is 365 g/mol. The largest absolute Gasteiger partial charge is 0.465 e. The Labute approximate surface area is 151 Å². The molecular formula is C18H21ClN2O4. The fraction of sp³-hybridized carbons (Fsp3) is 0.389. The molecule has 1 aromatic rings. The number of nitrogens with one attached hydrogen (secondary N) is 2. The molecule has 0 aliphatic heterocycles. The fourth-order valence-electron chi connectivity index (χ4n) is 2.59. The molecule has 1 aliphatic rings. The molecule has 1 aliphatic carbocycles. The van der Waals surface area contributed by atoms with Crippen LogP contribution in [0.15, 0.2) is 29.8 Å². The lowest BCUT2D eigenvalue weighted by Gasteiger charge is -2.13. The number of esters is 1. The Kier molecular flexibility index (Phi) is 7.01. The second-order valence-electron chi connectivity index (χ2n) is 5.75. The second-order valence-corrected chi connectivity index (χ2v) is 6.16. The van der Waals surface area contributed by atoms with Crippen LogP contribution < -0.4 is 10.6 Å². The van der Waals surface area contributed by atoms with Gasteiger partial charge in [0.1, 0.15) is 0 Å². The van der Waals surface area contributed by atoms with Crippen LogP contribution in [0.1, 0.15) is 42.5 Å². The van der Waals surface area contributed by atoms with E-state index in [-0.39, 0.29) is 16.3 Å². The minimum Gasteiger partial charge on any atom is -0.465 e. The molecule has 0 atom stereocenters. The first kappa shape index (κ1) is 19.0. The Bertz CT molecular complexity index is 700. The zero-order chi connectivity index (χ0) is 18.2. The molecular weight excluding hydrogens is 344 g/mol. The fourth-order valence-corrected chi connectivity index (χ4v) is 2.76. The summed E-state index contributed by atoms with van der Waals surface area (Å²) in [5, 5.41) is 5.23. The smallest absolute Gasteiger partial charge is 0.337 e. The van der Waals surface area contributed by atoms with Crippen LogP contribution in [-0.4, -0.2) is 31.4 Å². The highest BCUT2D eigenvalue weighted by Gasteiger charge is 2.16. The Balaban J connectivity index is 1.89. The molecule has 0 radical (unpaired) electrons. The number of amides is 2. The lowest BCUT2D eigenvalue weighted by molar-refractivity contribution is -0.136. The topological polar surface area (TPSA) is 84.5 Å². The van der Waals surface area contributed by atoms with Gasteiger partial charge in [-0.1, -0.05) is 23.3 Å². The molecule has 0 bridgehead atoms. The minimum atomic E-state index is -0.832. The second kappa shape index (κ2) is 9.22. The van der Waals surface area contributed by atoms with Gasteiger partial charge in [-0.25, -0.2) is 4.79 Å². The molecule has 1 aromatic carbocycles. The monoisotopic (exact) mass is 364 g/mol. The van der Waals surface area contributed by atoms with Crippen molar-refractivity contribution in [1.82, 2.24) is 5.32 Å². The molecule has 0 saturated carbocycles. The van der Waals surface area contributed by atoms with Crippen LogP contribution in [0.2, 0.25) is 5.02 Å². The number of ether oxygens (including phenoxy) is 1. The maximum absolute atomic E-state index is 12.0. The van der Waals surface area contributed by atoms with Gasteiger partial charge in [0.2, 0.25) is 0 Å². The normalized spacial score (nSPS) is 13.6. The first-order valence-electron chi connectivity index (χ1n) is 8.16. The highest BCUT2D eigenvalue weighted by Crippen LogP contribution is 2.23. The number of hydrogen-bond acceptors (Lipinski definition) is 4. The molecule has 2 N–H and O–H groups in total. The van der Waals surface area contributed by atoms with E-state index in [9.17, 15) is 14.4 Å². The van der Waals surface area contributed by atoms with E-state index >= 15 is 0 Å². The van der Waals surface area contributed by atoms with E-state index in [0.717, 1.165) is 19.3 Å². The molecule has 25 heavy (non-hydrogen) atoms. The lowest BCUT2D eigenvalue weighted by Crippen LogP contribution is -2.36. The zero-order valence-corrected chi connectivity index (χ0v) is 14.8. The van der Waals surface area contributed by atoms with Gasteiger partial charge in [0.15, 0.2) is 0 Å². The van der Waals surface area contributed by atoms with Crippen molar-refractivity contribution in [3.05, 3.63) is 40.4 Å². The van der Waals surface area contributed by atoms with Gasteiger partial charge in [-0.05, 0) is 50.3 Å². The number of rotatable bonds is 5. The predicted octanol–water partition coefficient (Wildman–Crippen LogP) is 3.07. The summed E-state index contributed by atoms with van der Waals surface area (Å²) in [6.45, 7) is 0.411. The minimum absolute atomic E-state index is 0.180. The maximum atomic E-state index is 12.0. The molecule has 0 fully saturated rings. The highest BCUT2D eigenvalue weighted by atomic mass is 35.5. The molecule has 0 spiro atoms. The third-order valence-electron chi connectivity index (χ3n) is 3.96. The number of carbonyl (C=O) groups is 3. The van der Waals surface area contributed by atoms with Crippen LogP contribution >= 0.6 is 11.6 Å². The summed E-state index contributed by atoms with van der Waals surface area (Å²) >= 11 is 5.99. The van der Waals surface area contributed by atoms with Gasteiger partial charge in [0, 0.05) is 6.54 Å². The van der Waals surface area contributed by atoms with Crippen molar-refractivity contribution in [2.45, 2.75) is 32.1 Å². The van der Waals surface area contributed by atoms with E-state index in [4.69, 9.17) is 11.6 Å². The van der Waals surface area contributed by atoms with Crippen molar-refractivity contribution in [3.63, 3.8) is 0 Å². The van der Waals surface area contributed by atoms with Crippen molar-refractivity contribution >= 4 is 35.1 Å². The molecule has 2 amide bonds. The predicted molar refractivity (Wildman–Crippen MR) is 95.6 cm³/mol. The van der Waals surface area contributed by atoms with Crippen LogP contribution in [-0.2, 0) is 14.3 Å². The van der Waals surface area contributed by atoms with E-state index in [0.29, 0.717) is 6.54 Å². The number of carbonyl (C=O) groups excluding carboxylic acids is 3. The van der Waals surface area contributed by atoms with Crippen molar-refractivity contribution in [2.24, 2.45) is 0 Å². The van der Waals surface area contributed by atoms with Crippen LogP contribution in [0.25, 0.3) is 0 Å². The number of halogens is 1. The summed E-state index contributed by atoms with van der Waals surface area (Å²) in [6.07, 6.45) is 7.47. The van der Waals surface area contributed by atoms with Gasteiger partial charge in [-0.2, -0.15) is 0 Å². The van der Waals surface area contributed by atoms with Gasteiger partial charge >= 0.3 is 17.8 Å². The van der Waals surface area contributed by atoms with E-state index in [2.05, 4.69) is 21.4 Å². The third kappa shape index (κ3) is 5.60. The van der Waals surface area contributed by atoms with Crippen molar-refractivity contribution in [1.29, 1.82) is 0 Å². The van der Waals surface area contributed by atoms with E-state index in [1.165, 1.54) is 43.7 Å². The van der Waals surface area contributed by atoms with Crippen LogP contribution in [0.5, 0.6) is 0 Å². The van der Waals surface area contributed by atoms with Gasteiger partial charge in [-0.15, -0.1) is 0 Å². The summed E-state index contributed by atoms with van der Waals surface area (Å²) < 4.78 is 4.61. The summed E-state index contributed by atoms with van der Waals surface area (Å²) in [5.41, 5.74) is 1.73. The first-order valence-corrected chi connectivity index (χ1v) is 8.54. The van der Waals surface area contributed by atoms with Crippen molar-refractivity contribution in [3.8, 4) is 0 Å². The Morgan fingerprint density at radius 3 is 2.68 bits per heavy atom. The summed E-state index contributed by atoms with van der Waals surface area (Å²) in [4.78, 5) is 35.4. The van der Waals surface area contributed by atoms with Gasteiger partial charge in [-0.3, -0.25) is 9.59 Å². The molecule has 6 nitrogen and oxygen atoms in total. The van der Waals surface area contributed by atoms with Crippen molar-refractivity contribution in [2.75, 3.05) is 19.0 Å². The Morgan fingerprint density at radius 2 is 2.00 bits per heavy atom.